The molecule has 0 radical (unpaired) electrons. The molecule has 0 fully saturated rings. The molecule has 386 valence electrons. The van der Waals surface area contributed by atoms with Crippen LogP contribution in [0.4, 0.5) is 22.7 Å². The largest absolute Gasteiger partial charge is 0.378 e. The average molecular weight is 1020 g/mol. The van der Waals surface area contributed by atoms with Gasteiger partial charge in [-0.15, -0.1) is 0 Å². The zero-order valence-corrected chi connectivity index (χ0v) is 46.0. The highest BCUT2D eigenvalue weighted by atomic mass is 15.1. The number of anilines is 4. The summed E-state index contributed by atoms with van der Waals surface area (Å²) in [4.78, 5) is 23.1. The van der Waals surface area contributed by atoms with Crippen LogP contribution in [0.5, 0.6) is 0 Å². The molecular formula is C69H67N9+2. The molecule has 0 aliphatic carbocycles. The van der Waals surface area contributed by atoms with Gasteiger partial charge >= 0.3 is 0 Å². The molecule has 0 aliphatic rings. The molecular weight excluding hydrogens is 955 g/mol. The maximum absolute atomic E-state index is 5.11. The summed E-state index contributed by atoms with van der Waals surface area (Å²) in [6, 6.07) is 67.2. The van der Waals surface area contributed by atoms with Crippen molar-refractivity contribution in [3.05, 3.63) is 270 Å². The molecule has 10 aromatic rings. The fraction of sp³-hybridized carbons (Fsp3) is 0.145. The van der Waals surface area contributed by atoms with E-state index in [9.17, 15) is 0 Å². The number of benzene rings is 5. The molecule has 9 heteroatoms. The molecule has 0 N–H and O–H groups in total. The summed E-state index contributed by atoms with van der Waals surface area (Å²) in [7, 11) is 16.6. The van der Waals surface area contributed by atoms with Crippen LogP contribution in [0.1, 0.15) is 44.5 Å². The average Bonchev–Trinajstić information content (AvgIpc) is 3.49. The number of nitrogens with zero attached hydrogens (tertiary/aromatic N) is 9. The normalized spacial score (nSPS) is 10.9. The topological polar surface area (TPSA) is 59.4 Å². The van der Waals surface area contributed by atoms with E-state index in [1.165, 1.54) is 67.3 Å². The summed E-state index contributed by atoms with van der Waals surface area (Å²) < 4.78 is 4.52. The standard InChI is InChI=1S/C69H67N9/c1-73(2)60-23-15-54(16-24-60)64(55-17-25-61(26-18-55)74(3)4)44-50-31-37-77(38-32-50)48-52-41-53(43-58(42-52)59-46-68(66-13-9-11-35-70-66)72-69(47-59)67-14-10-12-36-71-67)49-78-39-33-51(34-40-78)45-65(56-19-27-62(28-20-56)75(5)6)57-21-29-63(30-22-57)76(7)8/h9-47H,48-49H2,1-8H3/q+2. The van der Waals surface area contributed by atoms with E-state index in [0.717, 1.165) is 45.0 Å². The van der Waals surface area contributed by atoms with Gasteiger partial charge in [0.15, 0.2) is 37.9 Å². The Balaban J connectivity index is 1.00. The molecule has 0 saturated heterocycles. The minimum atomic E-state index is 0.670. The third-order valence-corrected chi connectivity index (χ3v) is 14.0. The molecule has 9 nitrogen and oxygen atoms in total. The van der Waals surface area contributed by atoms with E-state index < -0.39 is 0 Å². The maximum atomic E-state index is 5.11. The predicted octanol–water partition coefficient (Wildman–Crippen LogP) is 13.0. The molecule has 0 unspecified atom stereocenters. The Morgan fingerprint density at radius 1 is 0.359 bits per heavy atom. The molecule has 0 amide bonds. The van der Waals surface area contributed by atoms with Crippen molar-refractivity contribution in [3.8, 4) is 33.9 Å². The second-order valence-corrected chi connectivity index (χ2v) is 20.6. The maximum Gasteiger partial charge on any atom is 0.173 e. The second kappa shape index (κ2) is 23.6. The van der Waals surface area contributed by atoms with E-state index in [1.807, 2.05) is 48.8 Å². The molecule has 5 heterocycles. The highest BCUT2D eigenvalue weighted by Gasteiger charge is 2.17. The molecule has 10 rings (SSSR count). The zero-order valence-electron chi connectivity index (χ0n) is 46.0. The third kappa shape index (κ3) is 12.6. The Morgan fingerprint density at radius 2 is 0.679 bits per heavy atom. The van der Waals surface area contributed by atoms with Crippen LogP contribution in [0.2, 0.25) is 0 Å². The molecule has 0 aliphatic heterocycles. The van der Waals surface area contributed by atoms with Gasteiger partial charge in [-0.05, 0) is 171 Å². The first-order valence-electron chi connectivity index (χ1n) is 26.4. The van der Waals surface area contributed by atoms with Crippen LogP contribution in [0.25, 0.3) is 57.2 Å². The predicted molar refractivity (Wildman–Crippen MR) is 325 cm³/mol. The molecule has 5 aromatic carbocycles. The quantitative estimate of drug-likeness (QED) is 0.0842. The van der Waals surface area contributed by atoms with Crippen molar-refractivity contribution >= 4 is 46.0 Å². The van der Waals surface area contributed by atoms with Gasteiger partial charge in [0.1, 0.15) is 0 Å². The summed E-state index contributed by atoms with van der Waals surface area (Å²) in [6.07, 6.45) is 17.0. The monoisotopic (exact) mass is 1020 g/mol. The molecule has 0 spiro atoms. The second-order valence-electron chi connectivity index (χ2n) is 20.6. The van der Waals surface area contributed by atoms with Crippen molar-refractivity contribution < 1.29 is 9.13 Å². The summed E-state index contributed by atoms with van der Waals surface area (Å²) >= 11 is 0. The summed E-state index contributed by atoms with van der Waals surface area (Å²) in [5.74, 6) is 0. The number of hydrogen-bond donors (Lipinski definition) is 0. The first-order valence-corrected chi connectivity index (χ1v) is 26.4. The van der Waals surface area contributed by atoms with Crippen molar-refractivity contribution in [1.29, 1.82) is 0 Å². The van der Waals surface area contributed by atoms with E-state index >= 15 is 0 Å². The summed E-state index contributed by atoms with van der Waals surface area (Å²) in [6.45, 7) is 1.34. The van der Waals surface area contributed by atoms with Crippen molar-refractivity contribution in [2.75, 3.05) is 76.0 Å². The van der Waals surface area contributed by atoms with Crippen LogP contribution in [0.15, 0.2) is 225 Å². The lowest BCUT2D eigenvalue weighted by Gasteiger charge is -2.16. The Morgan fingerprint density at radius 3 is 0.974 bits per heavy atom. The molecule has 78 heavy (non-hydrogen) atoms. The van der Waals surface area contributed by atoms with Gasteiger partial charge in [0.25, 0.3) is 0 Å². The SMILES string of the molecule is CN(C)c1ccc(C(=Cc2cc[n+](Cc3cc(C[n+]4ccc(C=C(c5ccc(N(C)C)cc5)c5ccc(N(C)C)cc5)cc4)cc(-c4cc(-c5ccccn5)nc(-c5ccccn5)c4)c3)cc2)c2ccc(N(C)C)cc2)cc1. The van der Waals surface area contributed by atoms with Crippen LogP contribution in [0.3, 0.4) is 0 Å². The number of hydrogen-bond acceptors (Lipinski definition) is 7. The number of rotatable bonds is 17. The Kier molecular flexibility index (Phi) is 15.7. The van der Waals surface area contributed by atoms with E-state index in [-0.39, 0.29) is 0 Å². The molecule has 0 saturated carbocycles. The Hall–Kier alpha value is -9.47. The van der Waals surface area contributed by atoms with E-state index in [2.05, 4.69) is 274 Å². The lowest BCUT2D eigenvalue weighted by atomic mass is 9.95. The van der Waals surface area contributed by atoms with Crippen molar-refractivity contribution in [1.82, 2.24) is 15.0 Å². The van der Waals surface area contributed by atoms with Gasteiger partial charge in [0.2, 0.25) is 0 Å². The van der Waals surface area contributed by atoms with Crippen LogP contribution in [-0.2, 0) is 13.1 Å². The highest BCUT2D eigenvalue weighted by Crippen LogP contribution is 2.33. The van der Waals surface area contributed by atoms with Gasteiger partial charge < -0.3 is 19.6 Å². The summed E-state index contributed by atoms with van der Waals surface area (Å²) in [5, 5.41) is 0. The molecule has 0 bridgehead atoms. The highest BCUT2D eigenvalue weighted by molar-refractivity contribution is 5.93. The lowest BCUT2D eigenvalue weighted by Crippen LogP contribution is -2.34. The molecule has 0 atom stereocenters. The minimum absolute atomic E-state index is 0.670. The van der Waals surface area contributed by atoms with Gasteiger partial charge in [-0.2, -0.15) is 0 Å². The fourth-order valence-electron chi connectivity index (χ4n) is 9.62. The van der Waals surface area contributed by atoms with Gasteiger partial charge in [-0.25, -0.2) is 14.1 Å². The van der Waals surface area contributed by atoms with Crippen molar-refractivity contribution in [2.45, 2.75) is 13.1 Å². The molecule has 5 aromatic heterocycles. The van der Waals surface area contributed by atoms with Crippen LogP contribution >= 0.6 is 0 Å². The van der Waals surface area contributed by atoms with E-state index in [0.29, 0.717) is 13.1 Å². The van der Waals surface area contributed by atoms with E-state index in [1.54, 1.807) is 0 Å². The Labute approximate surface area is 460 Å². The lowest BCUT2D eigenvalue weighted by molar-refractivity contribution is -0.689. The van der Waals surface area contributed by atoms with E-state index in [4.69, 9.17) is 15.0 Å². The van der Waals surface area contributed by atoms with Crippen LogP contribution in [-0.4, -0.2) is 71.3 Å². The van der Waals surface area contributed by atoms with Crippen molar-refractivity contribution in [3.63, 3.8) is 0 Å². The van der Waals surface area contributed by atoms with Gasteiger partial charge in [-0.1, -0.05) is 60.7 Å². The fourth-order valence-corrected chi connectivity index (χ4v) is 9.62. The van der Waals surface area contributed by atoms with Gasteiger partial charge in [0.05, 0.1) is 22.8 Å². The smallest absolute Gasteiger partial charge is 0.173 e. The first-order chi connectivity index (χ1) is 37.9. The number of pyridine rings is 5. The summed E-state index contributed by atoms with van der Waals surface area (Å²) in [5.41, 5.74) is 21.6. The third-order valence-electron chi connectivity index (χ3n) is 14.0. The zero-order chi connectivity index (χ0) is 54.1. The minimum Gasteiger partial charge on any atom is -0.378 e. The van der Waals surface area contributed by atoms with Crippen LogP contribution < -0.4 is 28.7 Å². The van der Waals surface area contributed by atoms with Gasteiger partial charge in [0, 0.05) is 127 Å². The first kappa shape index (κ1) is 52.0. The Bertz CT molecular complexity index is 3320. The number of aromatic nitrogens is 5. The van der Waals surface area contributed by atoms with Crippen LogP contribution in [0, 0.1) is 0 Å². The van der Waals surface area contributed by atoms with Crippen molar-refractivity contribution in [2.24, 2.45) is 0 Å². The van der Waals surface area contributed by atoms with Gasteiger partial charge in [-0.3, -0.25) is 9.97 Å².